The Hall–Kier alpha value is -4.67. The summed E-state index contributed by atoms with van der Waals surface area (Å²) in [6.45, 7) is 1.35. The molecule has 0 unspecified atom stereocenters. The van der Waals surface area contributed by atoms with E-state index in [1.165, 1.54) is 10.5 Å². The third-order valence-electron chi connectivity index (χ3n) is 9.11. The highest BCUT2D eigenvalue weighted by Crippen LogP contribution is 2.23. The van der Waals surface area contributed by atoms with Crippen LogP contribution in [0.25, 0.3) is 10.8 Å². The third-order valence-corrected chi connectivity index (χ3v) is 9.11. The summed E-state index contributed by atoms with van der Waals surface area (Å²) >= 11 is 0. The zero-order valence-corrected chi connectivity index (χ0v) is 25.7. The van der Waals surface area contributed by atoms with Gasteiger partial charge in [0.25, 0.3) is 0 Å². The number of benzene rings is 4. The van der Waals surface area contributed by atoms with E-state index in [0.29, 0.717) is 32.5 Å². The Morgan fingerprint density at radius 1 is 0.761 bits per heavy atom. The van der Waals surface area contributed by atoms with E-state index in [0.717, 1.165) is 33.9 Å². The maximum atomic E-state index is 14.1. The minimum absolute atomic E-state index is 0.203. The zero-order valence-electron chi connectivity index (χ0n) is 25.7. The van der Waals surface area contributed by atoms with Gasteiger partial charge in [0.15, 0.2) is 0 Å². The molecule has 9 nitrogen and oxygen atoms in total. The second-order valence-electron chi connectivity index (χ2n) is 12.2. The van der Waals surface area contributed by atoms with E-state index < -0.39 is 31.1 Å². The second-order valence-corrected chi connectivity index (χ2v) is 12.2. The lowest BCUT2D eigenvalue weighted by Crippen LogP contribution is -2.58. The molecule has 4 amide bonds. The van der Waals surface area contributed by atoms with Gasteiger partial charge < -0.3 is 30.5 Å². The Balaban J connectivity index is 1.25. The first-order chi connectivity index (χ1) is 22.4. The first-order valence-electron chi connectivity index (χ1n) is 16.0. The SMILES string of the molecule is O=C(N[C@@H](Cc1ccc2ccccc2c1)C(=O)N1CCC[C@H]1B(O)O)[C@H](Cc1ccccc1)NC(=O)N1CCc2ccccc2C1. The van der Waals surface area contributed by atoms with Crippen LogP contribution in [0.3, 0.4) is 0 Å². The van der Waals surface area contributed by atoms with Gasteiger partial charge in [-0.25, -0.2) is 4.79 Å². The molecule has 1 saturated heterocycles. The fourth-order valence-electron chi connectivity index (χ4n) is 6.62. The Morgan fingerprint density at radius 2 is 1.46 bits per heavy atom. The molecule has 1 fully saturated rings. The molecule has 46 heavy (non-hydrogen) atoms. The molecule has 0 aliphatic carbocycles. The van der Waals surface area contributed by atoms with Crippen LogP contribution >= 0.6 is 0 Å². The van der Waals surface area contributed by atoms with E-state index in [4.69, 9.17) is 0 Å². The highest BCUT2D eigenvalue weighted by Gasteiger charge is 2.40. The zero-order chi connectivity index (χ0) is 32.0. The molecule has 10 heteroatoms. The summed E-state index contributed by atoms with van der Waals surface area (Å²) in [5.74, 6) is -1.60. The molecule has 3 atom stereocenters. The van der Waals surface area contributed by atoms with Crippen molar-refractivity contribution in [3.63, 3.8) is 0 Å². The number of fused-ring (bicyclic) bond motifs is 2. The van der Waals surface area contributed by atoms with E-state index in [-0.39, 0.29) is 24.8 Å². The molecular formula is C36H39BN4O5. The Bertz CT molecular complexity index is 1700. The highest BCUT2D eigenvalue weighted by molar-refractivity contribution is 6.43. The number of carbonyl (C=O) groups is 3. The summed E-state index contributed by atoms with van der Waals surface area (Å²) < 4.78 is 0. The topological polar surface area (TPSA) is 122 Å². The third kappa shape index (κ3) is 7.24. The van der Waals surface area contributed by atoms with Crippen LogP contribution in [0.4, 0.5) is 4.79 Å². The smallest absolute Gasteiger partial charge is 0.426 e. The Labute approximate surface area is 269 Å². The summed E-state index contributed by atoms with van der Waals surface area (Å²) in [5, 5.41) is 28.0. The monoisotopic (exact) mass is 618 g/mol. The van der Waals surface area contributed by atoms with Crippen molar-refractivity contribution in [1.82, 2.24) is 20.4 Å². The van der Waals surface area contributed by atoms with Crippen molar-refractivity contribution < 1.29 is 24.4 Å². The number of likely N-dealkylation sites (tertiary alicyclic amines) is 1. The summed E-state index contributed by atoms with van der Waals surface area (Å²) in [5.41, 5.74) is 4.02. The average Bonchev–Trinajstić information content (AvgIpc) is 3.58. The molecule has 2 heterocycles. The number of carbonyl (C=O) groups excluding carboxylic acids is 3. The van der Waals surface area contributed by atoms with Crippen molar-refractivity contribution in [1.29, 1.82) is 0 Å². The number of hydrogen-bond acceptors (Lipinski definition) is 5. The molecule has 0 spiro atoms. The minimum atomic E-state index is -1.68. The summed E-state index contributed by atoms with van der Waals surface area (Å²) in [6.07, 6.45) is 2.27. The molecule has 0 radical (unpaired) electrons. The van der Waals surface area contributed by atoms with Gasteiger partial charge in [0.05, 0.1) is 5.94 Å². The fourth-order valence-corrected chi connectivity index (χ4v) is 6.62. The van der Waals surface area contributed by atoms with Gasteiger partial charge in [0, 0.05) is 32.5 Å². The summed E-state index contributed by atoms with van der Waals surface area (Å²) in [7, 11) is -1.68. The molecule has 4 aromatic rings. The molecule has 4 aromatic carbocycles. The van der Waals surface area contributed by atoms with Crippen LogP contribution in [0, 0.1) is 0 Å². The maximum absolute atomic E-state index is 14.1. The standard InChI is InChI=1S/C36H39BN4O5/c42-34(31(22-25-9-2-1-3-10-25)39-36(44)40-20-18-28-12-5-7-14-30(28)24-40)38-32(35(43)41-19-8-15-33(41)37(45)46)23-26-16-17-27-11-4-6-13-29(27)21-26/h1-7,9-14,16-17,21,31-33,45-46H,8,15,18-20,22-24H2,(H,38,42)(H,39,44)/t31-,32-,33-/m0/s1. The Kier molecular flexibility index (Phi) is 9.66. The number of urea groups is 1. The molecule has 0 aromatic heterocycles. The quantitative estimate of drug-likeness (QED) is 0.215. The highest BCUT2D eigenvalue weighted by atomic mass is 16.4. The molecule has 0 bridgehead atoms. The van der Waals surface area contributed by atoms with Crippen LogP contribution in [0.1, 0.15) is 35.1 Å². The summed E-state index contributed by atoms with van der Waals surface area (Å²) in [4.78, 5) is 44.9. The average molecular weight is 619 g/mol. The number of nitrogens with one attached hydrogen (secondary N) is 2. The van der Waals surface area contributed by atoms with Crippen LogP contribution in [0.15, 0.2) is 97.1 Å². The maximum Gasteiger partial charge on any atom is 0.475 e. The Morgan fingerprint density at radius 3 is 2.24 bits per heavy atom. The first kappa shape index (κ1) is 31.3. The van der Waals surface area contributed by atoms with Gasteiger partial charge in [-0.2, -0.15) is 0 Å². The predicted molar refractivity (Wildman–Crippen MR) is 178 cm³/mol. The molecule has 0 saturated carbocycles. The van der Waals surface area contributed by atoms with Crippen LogP contribution < -0.4 is 10.6 Å². The fraction of sp³-hybridized carbons (Fsp3) is 0.306. The van der Waals surface area contributed by atoms with E-state index >= 15 is 0 Å². The number of hydrogen-bond donors (Lipinski definition) is 4. The van der Waals surface area contributed by atoms with E-state index in [2.05, 4.69) is 16.7 Å². The van der Waals surface area contributed by atoms with Crippen molar-refractivity contribution in [2.24, 2.45) is 0 Å². The molecule has 6 rings (SSSR count). The lowest BCUT2D eigenvalue weighted by Gasteiger charge is -2.32. The van der Waals surface area contributed by atoms with Crippen molar-refractivity contribution in [3.05, 3.63) is 119 Å². The van der Waals surface area contributed by atoms with Crippen LogP contribution in [-0.4, -0.2) is 75.9 Å². The van der Waals surface area contributed by atoms with Crippen LogP contribution in [0.2, 0.25) is 0 Å². The van der Waals surface area contributed by atoms with E-state index in [1.54, 1.807) is 4.90 Å². The number of nitrogens with zero attached hydrogens (tertiary/aromatic N) is 2. The van der Waals surface area contributed by atoms with Gasteiger partial charge in [0.1, 0.15) is 12.1 Å². The molecule has 236 valence electrons. The van der Waals surface area contributed by atoms with Crippen molar-refractivity contribution >= 4 is 35.7 Å². The van der Waals surface area contributed by atoms with Gasteiger partial charge >= 0.3 is 13.1 Å². The number of amides is 4. The molecular weight excluding hydrogens is 579 g/mol. The van der Waals surface area contributed by atoms with Gasteiger partial charge in [-0.05, 0) is 52.3 Å². The second kappa shape index (κ2) is 14.2. The minimum Gasteiger partial charge on any atom is -0.426 e. The predicted octanol–water partition coefficient (Wildman–Crippen LogP) is 3.25. The van der Waals surface area contributed by atoms with Crippen molar-refractivity contribution in [2.75, 3.05) is 13.1 Å². The normalized spacial score (nSPS) is 17.2. The van der Waals surface area contributed by atoms with Crippen LogP contribution in [0.5, 0.6) is 0 Å². The van der Waals surface area contributed by atoms with Gasteiger partial charge in [-0.3, -0.25) is 9.59 Å². The first-order valence-corrected chi connectivity index (χ1v) is 16.0. The van der Waals surface area contributed by atoms with Gasteiger partial charge in [-0.1, -0.05) is 97.1 Å². The lowest BCUT2D eigenvalue weighted by atomic mass is 9.77. The van der Waals surface area contributed by atoms with Crippen molar-refractivity contribution in [3.8, 4) is 0 Å². The van der Waals surface area contributed by atoms with Gasteiger partial charge in [0.2, 0.25) is 11.8 Å². The lowest BCUT2D eigenvalue weighted by molar-refractivity contribution is -0.136. The largest absolute Gasteiger partial charge is 0.475 e. The number of rotatable bonds is 9. The molecule has 2 aliphatic heterocycles. The van der Waals surface area contributed by atoms with E-state index in [9.17, 15) is 24.4 Å². The van der Waals surface area contributed by atoms with Crippen molar-refractivity contribution in [2.45, 2.75) is 56.7 Å². The van der Waals surface area contributed by atoms with E-state index in [1.807, 2.05) is 91.0 Å². The summed E-state index contributed by atoms with van der Waals surface area (Å²) in [6, 6.07) is 29.1. The molecule has 2 aliphatic rings. The molecule has 4 N–H and O–H groups in total. The van der Waals surface area contributed by atoms with Gasteiger partial charge in [-0.15, -0.1) is 0 Å². The van der Waals surface area contributed by atoms with Crippen LogP contribution in [-0.2, 0) is 35.4 Å².